The van der Waals surface area contributed by atoms with Gasteiger partial charge in [-0.1, -0.05) is 44.2 Å². The molecule has 196 valence electrons. The fraction of sp³-hybridized carbons (Fsp3) is 0.586. The van der Waals surface area contributed by atoms with Crippen LogP contribution in [-0.4, -0.2) is 58.8 Å². The molecule has 1 aromatic rings. The van der Waals surface area contributed by atoms with Gasteiger partial charge in [0.1, 0.15) is 18.3 Å². The predicted molar refractivity (Wildman–Crippen MR) is 134 cm³/mol. The molecule has 3 aliphatic rings. The van der Waals surface area contributed by atoms with Gasteiger partial charge in [0, 0.05) is 29.9 Å². The second-order valence-electron chi connectivity index (χ2n) is 11.1. The minimum Gasteiger partial charge on any atom is -0.458 e. The first kappa shape index (κ1) is 26.6. The van der Waals surface area contributed by atoms with Gasteiger partial charge in [-0.05, 0) is 57.2 Å². The van der Waals surface area contributed by atoms with Crippen LogP contribution < -0.4 is 0 Å². The van der Waals surface area contributed by atoms with Gasteiger partial charge in [-0.2, -0.15) is 0 Å². The number of cyclic esters (lactones) is 1. The van der Waals surface area contributed by atoms with Gasteiger partial charge in [0.15, 0.2) is 0 Å². The zero-order valence-electron chi connectivity index (χ0n) is 21.8. The lowest BCUT2D eigenvalue weighted by Crippen LogP contribution is -2.74. The number of hydrogen-bond donors (Lipinski definition) is 2. The first-order chi connectivity index (χ1) is 16.9. The summed E-state index contributed by atoms with van der Waals surface area (Å²) >= 11 is 0. The van der Waals surface area contributed by atoms with Gasteiger partial charge in [-0.3, -0.25) is 0 Å². The van der Waals surface area contributed by atoms with Crippen molar-refractivity contribution in [2.75, 3.05) is 13.2 Å². The van der Waals surface area contributed by atoms with Gasteiger partial charge in [-0.15, -0.1) is 0 Å². The normalized spacial score (nSPS) is 40.5. The average Bonchev–Trinajstić information content (AvgIpc) is 3.25. The Labute approximate surface area is 213 Å². The first-order valence-electron chi connectivity index (χ1n) is 12.8. The Morgan fingerprint density at radius 1 is 1.17 bits per heavy atom. The molecule has 0 radical (unpaired) electrons. The molecule has 4 rings (SSSR count). The minimum atomic E-state index is -1.26. The monoisotopic (exact) mass is 498 g/mol. The number of carbonyl (C=O) groups excluding carboxylic acids is 2. The molecule has 0 saturated heterocycles. The fourth-order valence-electron chi connectivity index (χ4n) is 6.79. The van der Waals surface area contributed by atoms with Gasteiger partial charge < -0.3 is 24.4 Å². The van der Waals surface area contributed by atoms with Crippen molar-refractivity contribution in [2.24, 2.45) is 16.7 Å². The number of ether oxygens (including phenoxy) is 3. The largest absolute Gasteiger partial charge is 0.458 e. The molecule has 7 nitrogen and oxygen atoms in total. The molecule has 2 fully saturated rings. The van der Waals surface area contributed by atoms with Crippen molar-refractivity contribution >= 4 is 11.9 Å². The topological polar surface area (TPSA) is 102 Å². The summed E-state index contributed by atoms with van der Waals surface area (Å²) in [4.78, 5) is 24.8. The van der Waals surface area contributed by atoms with E-state index in [1.54, 1.807) is 31.2 Å². The van der Waals surface area contributed by atoms with Crippen molar-refractivity contribution < 1.29 is 34.0 Å². The summed E-state index contributed by atoms with van der Waals surface area (Å²) in [7, 11) is 0. The predicted octanol–water partition coefficient (Wildman–Crippen LogP) is 3.98. The number of hydrogen-bond acceptors (Lipinski definition) is 7. The Balaban J connectivity index is 1.80. The highest BCUT2D eigenvalue weighted by Crippen LogP contribution is 2.66. The van der Waals surface area contributed by atoms with Crippen LogP contribution >= 0.6 is 0 Å². The lowest BCUT2D eigenvalue weighted by molar-refractivity contribution is -0.300. The third-order valence-electron chi connectivity index (χ3n) is 9.33. The molecule has 2 aliphatic carbocycles. The maximum Gasteiger partial charge on any atom is 0.338 e. The molecule has 1 heterocycles. The smallest absolute Gasteiger partial charge is 0.338 e. The molecule has 2 saturated carbocycles. The van der Waals surface area contributed by atoms with Gasteiger partial charge in [0.2, 0.25) is 0 Å². The summed E-state index contributed by atoms with van der Waals surface area (Å²) in [5.74, 6) is -1.06. The number of aliphatic hydroxyl groups is 2. The fourth-order valence-corrected chi connectivity index (χ4v) is 6.79. The minimum absolute atomic E-state index is 0.156. The molecule has 0 bridgehead atoms. The molecular formula is C29H38O7. The molecule has 0 amide bonds. The summed E-state index contributed by atoms with van der Waals surface area (Å²) < 4.78 is 17.5. The lowest BCUT2D eigenvalue weighted by atomic mass is 9.41. The van der Waals surface area contributed by atoms with E-state index < -0.39 is 40.2 Å². The summed E-state index contributed by atoms with van der Waals surface area (Å²) in [6.45, 7) is 10.1. The van der Waals surface area contributed by atoms with Crippen LogP contribution in [0.25, 0.3) is 0 Å². The Hall–Kier alpha value is -2.48. The first-order valence-corrected chi connectivity index (χ1v) is 12.8. The van der Waals surface area contributed by atoms with E-state index in [9.17, 15) is 19.8 Å². The molecule has 0 spiro atoms. The van der Waals surface area contributed by atoms with Crippen LogP contribution in [0.2, 0.25) is 0 Å². The summed E-state index contributed by atoms with van der Waals surface area (Å²) in [5.41, 5.74) is -2.72. The van der Waals surface area contributed by atoms with Gasteiger partial charge in [0.25, 0.3) is 0 Å². The highest BCUT2D eigenvalue weighted by atomic mass is 16.6. The lowest BCUT2D eigenvalue weighted by Gasteiger charge is -2.67. The van der Waals surface area contributed by atoms with Crippen LogP contribution in [0.15, 0.2) is 54.1 Å². The van der Waals surface area contributed by atoms with Crippen LogP contribution in [0.5, 0.6) is 0 Å². The van der Waals surface area contributed by atoms with Crippen molar-refractivity contribution in [1.82, 2.24) is 0 Å². The van der Waals surface area contributed by atoms with Crippen LogP contribution in [0, 0.1) is 16.7 Å². The van der Waals surface area contributed by atoms with Gasteiger partial charge in [-0.25, -0.2) is 9.59 Å². The molecule has 36 heavy (non-hydrogen) atoms. The van der Waals surface area contributed by atoms with Crippen molar-refractivity contribution in [3.63, 3.8) is 0 Å². The standard InChI is InChI=1S/C29H38O7/c1-6-35-29(5)22(30)13-12-21-26(2,15-14-19-16-24(31)34-18-19)27(3,33)17-23(28(21,29)4)36-25(32)20-10-8-7-9-11-20/h7-11,14-16,21-23,30,33H,6,12-13,17-18H2,1-5H3/t21-,22-,23+,26-,27+,28+,29+/m1/s1. The second-order valence-corrected chi connectivity index (χ2v) is 11.1. The molecule has 7 atom stereocenters. The van der Waals surface area contributed by atoms with Crippen molar-refractivity contribution in [2.45, 2.75) is 77.3 Å². The molecule has 0 unspecified atom stereocenters. The molecule has 1 aromatic carbocycles. The molecule has 2 N–H and O–H groups in total. The van der Waals surface area contributed by atoms with Crippen LogP contribution in [-0.2, 0) is 19.0 Å². The second kappa shape index (κ2) is 9.43. The summed E-state index contributed by atoms with van der Waals surface area (Å²) in [6, 6.07) is 8.79. The van der Waals surface area contributed by atoms with Crippen LogP contribution in [0.3, 0.4) is 0 Å². The third-order valence-corrected chi connectivity index (χ3v) is 9.33. The average molecular weight is 499 g/mol. The van der Waals surface area contributed by atoms with E-state index in [0.717, 1.165) is 5.57 Å². The maximum absolute atomic E-state index is 13.2. The van der Waals surface area contributed by atoms with E-state index in [-0.39, 0.29) is 24.9 Å². The molecule has 1 aliphatic heterocycles. The van der Waals surface area contributed by atoms with E-state index in [2.05, 4.69) is 0 Å². The SMILES string of the molecule is CCO[C@@]1(C)[C@H](O)CC[C@H]2[C@@]1(C)[C@@H](OC(=O)c1ccccc1)C[C@](C)(O)[C@]2(C)C=CC1=CC(=O)OC1. The third kappa shape index (κ3) is 4.11. The molecular weight excluding hydrogens is 460 g/mol. The van der Waals surface area contributed by atoms with E-state index >= 15 is 0 Å². The number of esters is 2. The Bertz CT molecular complexity index is 1060. The highest BCUT2D eigenvalue weighted by molar-refractivity contribution is 5.89. The molecule has 7 heteroatoms. The van der Waals surface area contributed by atoms with Crippen molar-refractivity contribution in [3.8, 4) is 0 Å². The number of benzene rings is 1. The Kier molecular flexibility index (Phi) is 6.97. The van der Waals surface area contributed by atoms with Gasteiger partial charge in [0.05, 0.1) is 17.3 Å². The van der Waals surface area contributed by atoms with E-state index in [0.29, 0.717) is 25.0 Å². The molecule has 0 aromatic heterocycles. The number of rotatable bonds is 6. The number of aliphatic hydroxyl groups excluding tert-OH is 1. The maximum atomic E-state index is 13.2. The zero-order chi connectivity index (χ0) is 26.4. The van der Waals surface area contributed by atoms with Crippen LogP contribution in [0.1, 0.15) is 64.2 Å². The summed E-state index contributed by atoms with van der Waals surface area (Å²) in [5, 5.41) is 23.2. The zero-order valence-corrected chi connectivity index (χ0v) is 21.8. The Morgan fingerprint density at radius 3 is 2.47 bits per heavy atom. The van der Waals surface area contributed by atoms with E-state index in [1.165, 1.54) is 6.08 Å². The summed E-state index contributed by atoms with van der Waals surface area (Å²) in [6.07, 6.45) is 5.03. The van der Waals surface area contributed by atoms with Crippen molar-refractivity contribution in [1.29, 1.82) is 0 Å². The van der Waals surface area contributed by atoms with E-state index in [4.69, 9.17) is 14.2 Å². The highest BCUT2D eigenvalue weighted by Gasteiger charge is 2.71. The Morgan fingerprint density at radius 2 is 1.86 bits per heavy atom. The number of carbonyl (C=O) groups is 2. The quantitative estimate of drug-likeness (QED) is 0.572. The van der Waals surface area contributed by atoms with Crippen molar-refractivity contribution in [3.05, 3.63) is 59.7 Å². The van der Waals surface area contributed by atoms with Gasteiger partial charge >= 0.3 is 11.9 Å². The van der Waals surface area contributed by atoms with Crippen LogP contribution in [0.4, 0.5) is 0 Å². The number of fused-ring (bicyclic) bond motifs is 1. The van der Waals surface area contributed by atoms with E-state index in [1.807, 2.05) is 45.9 Å².